The average Bonchev–Trinajstić information content (AvgIpc) is 2.77. The van der Waals surface area contributed by atoms with Gasteiger partial charge in [0.05, 0.1) is 6.20 Å². The highest BCUT2D eigenvalue weighted by molar-refractivity contribution is 7.89. The van der Waals surface area contributed by atoms with Crippen molar-refractivity contribution in [2.75, 3.05) is 0 Å². The molecule has 0 aliphatic carbocycles. The number of H-pyrrole nitrogens is 1. The first-order valence-electron chi connectivity index (χ1n) is 5.69. The standard InChI is InChI=1S/C10H17N3O4S/c1-3-5-7(10(14)15)13-18(16,17)9-6-11-8(4-2)12-9/h6-7,13H,3-5H2,1-2H3,(H,11,12)(H,14,15). The molecule has 18 heavy (non-hydrogen) atoms. The second-order valence-electron chi connectivity index (χ2n) is 3.85. The molecule has 7 nitrogen and oxygen atoms in total. The fraction of sp³-hybridized carbons (Fsp3) is 0.600. The number of nitrogens with one attached hydrogen (secondary N) is 2. The summed E-state index contributed by atoms with van der Waals surface area (Å²) in [7, 11) is -3.86. The van der Waals surface area contributed by atoms with Gasteiger partial charge >= 0.3 is 5.97 Å². The first-order chi connectivity index (χ1) is 8.40. The van der Waals surface area contributed by atoms with Crippen molar-refractivity contribution in [3.8, 4) is 0 Å². The van der Waals surface area contributed by atoms with E-state index in [9.17, 15) is 13.2 Å². The number of aryl methyl sites for hydroxylation is 1. The van der Waals surface area contributed by atoms with Crippen LogP contribution in [-0.2, 0) is 21.2 Å². The Bertz CT molecular complexity index is 509. The first kappa shape index (κ1) is 14.7. The summed E-state index contributed by atoms with van der Waals surface area (Å²) >= 11 is 0. The molecule has 0 radical (unpaired) electrons. The van der Waals surface area contributed by atoms with Crippen molar-refractivity contribution in [3.05, 3.63) is 12.0 Å². The van der Waals surface area contributed by atoms with E-state index in [1.54, 1.807) is 6.92 Å². The molecule has 0 aromatic carbocycles. The van der Waals surface area contributed by atoms with Crippen LogP contribution in [0.25, 0.3) is 0 Å². The van der Waals surface area contributed by atoms with Crippen LogP contribution in [0, 0.1) is 0 Å². The van der Waals surface area contributed by atoms with Crippen LogP contribution in [0.5, 0.6) is 0 Å². The van der Waals surface area contributed by atoms with Crippen molar-refractivity contribution in [2.45, 2.75) is 44.2 Å². The van der Waals surface area contributed by atoms with Gasteiger partial charge in [0.2, 0.25) is 0 Å². The molecule has 8 heteroatoms. The average molecular weight is 275 g/mol. The third-order valence-corrected chi connectivity index (χ3v) is 3.78. The van der Waals surface area contributed by atoms with E-state index >= 15 is 0 Å². The molecule has 0 aliphatic heterocycles. The zero-order valence-corrected chi connectivity index (χ0v) is 11.1. The van der Waals surface area contributed by atoms with Crippen LogP contribution in [-0.4, -0.2) is 35.5 Å². The number of aromatic nitrogens is 2. The first-order valence-corrected chi connectivity index (χ1v) is 7.18. The van der Waals surface area contributed by atoms with Crippen LogP contribution in [0.4, 0.5) is 0 Å². The van der Waals surface area contributed by atoms with Gasteiger partial charge < -0.3 is 10.1 Å². The highest BCUT2D eigenvalue weighted by Gasteiger charge is 2.25. The van der Waals surface area contributed by atoms with Crippen molar-refractivity contribution < 1.29 is 18.3 Å². The summed E-state index contributed by atoms with van der Waals surface area (Å²) in [5.41, 5.74) is 0. The van der Waals surface area contributed by atoms with Crippen LogP contribution in [0.1, 0.15) is 32.5 Å². The molecule has 102 valence electrons. The van der Waals surface area contributed by atoms with Crippen LogP contribution in [0.2, 0.25) is 0 Å². The zero-order chi connectivity index (χ0) is 13.8. The lowest BCUT2D eigenvalue weighted by Crippen LogP contribution is -2.40. The molecule has 0 saturated heterocycles. The number of hydrogen-bond donors (Lipinski definition) is 3. The molecule has 0 bridgehead atoms. The Morgan fingerprint density at radius 2 is 2.22 bits per heavy atom. The van der Waals surface area contributed by atoms with E-state index in [2.05, 4.69) is 14.7 Å². The summed E-state index contributed by atoms with van der Waals surface area (Å²) < 4.78 is 26.0. The smallest absolute Gasteiger partial charge is 0.321 e. The number of aromatic amines is 1. The molecule has 1 heterocycles. The Hall–Kier alpha value is -1.41. The molecule has 0 aliphatic rings. The highest BCUT2D eigenvalue weighted by atomic mass is 32.2. The second kappa shape index (κ2) is 5.96. The summed E-state index contributed by atoms with van der Waals surface area (Å²) in [6.45, 7) is 3.62. The molecule has 0 saturated carbocycles. The van der Waals surface area contributed by atoms with E-state index < -0.39 is 22.0 Å². The van der Waals surface area contributed by atoms with Gasteiger partial charge in [0, 0.05) is 6.42 Å². The zero-order valence-electron chi connectivity index (χ0n) is 10.3. The minimum Gasteiger partial charge on any atom is -0.480 e. The Morgan fingerprint density at radius 1 is 1.56 bits per heavy atom. The Labute approximate surface area is 106 Å². The van der Waals surface area contributed by atoms with Crippen molar-refractivity contribution in [2.24, 2.45) is 0 Å². The molecule has 1 rings (SSSR count). The lowest BCUT2D eigenvalue weighted by atomic mass is 10.2. The monoisotopic (exact) mass is 275 g/mol. The summed E-state index contributed by atoms with van der Waals surface area (Å²) in [4.78, 5) is 17.4. The summed E-state index contributed by atoms with van der Waals surface area (Å²) in [6, 6.07) is -1.12. The van der Waals surface area contributed by atoms with Crippen LogP contribution in [0.3, 0.4) is 0 Å². The van der Waals surface area contributed by atoms with Gasteiger partial charge in [0.1, 0.15) is 11.9 Å². The number of imidazole rings is 1. The topological polar surface area (TPSA) is 112 Å². The minimum absolute atomic E-state index is 0.110. The van der Waals surface area contributed by atoms with Gasteiger partial charge in [-0.05, 0) is 6.42 Å². The van der Waals surface area contributed by atoms with Gasteiger partial charge in [-0.15, -0.1) is 0 Å². The maximum atomic E-state index is 11.9. The molecule has 3 N–H and O–H groups in total. The molecular weight excluding hydrogens is 258 g/mol. The molecule has 1 aromatic rings. The van der Waals surface area contributed by atoms with E-state index in [4.69, 9.17) is 5.11 Å². The van der Waals surface area contributed by atoms with E-state index in [1.165, 1.54) is 6.20 Å². The van der Waals surface area contributed by atoms with Crippen molar-refractivity contribution in [1.82, 2.24) is 14.7 Å². The van der Waals surface area contributed by atoms with E-state index in [0.717, 1.165) is 0 Å². The molecule has 0 amide bonds. The number of rotatable bonds is 7. The Kier molecular flexibility index (Phi) is 4.85. The second-order valence-corrected chi connectivity index (χ2v) is 5.53. The molecule has 0 spiro atoms. The number of sulfonamides is 1. The molecule has 1 aromatic heterocycles. The lowest BCUT2D eigenvalue weighted by molar-refractivity contribution is -0.139. The van der Waals surface area contributed by atoms with Crippen LogP contribution in [0.15, 0.2) is 11.2 Å². The molecule has 1 atom stereocenters. The molecular formula is C10H17N3O4S. The summed E-state index contributed by atoms with van der Waals surface area (Å²) in [5.74, 6) is -0.645. The fourth-order valence-electron chi connectivity index (χ4n) is 1.43. The number of carboxylic acid groups (broad SMARTS) is 1. The van der Waals surface area contributed by atoms with Gasteiger partial charge in [-0.2, -0.15) is 4.72 Å². The van der Waals surface area contributed by atoms with Gasteiger partial charge in [-0.1, -0.05) is 20.3 Å². The summed E-state index contributed by atoms with van der Waals surface area (Å²) in [5, 5.41) is 8.80. The van der Waals surface area contributed by atoms with E-state index in [-0.39, 0.29) is 11.4 Å². The number of nitrogens with zero attached hydrogens (tertiary/aromatic N) is 1. The maximum absolute atomic E-state index is 11.9. The largest absolute Gasteiger partial charge is 0.480 e. The van der Waals surface area contributed by atoms with Crippen LogP contribution >= 0.6 is 0 Å². The van der Waals surface area contributed by atoms with Crippen molar-refractivity contribution >= 4 is 16.0 Å². The van der Waals surface area contributed by atoms with Gasteiger partial charge in [0.15, 0.2) is 5.03 Å². The van der Waals surface area contributed by atoms with Crippen molar-refractivity contribution in [1.29, 1.82) is 0 Å². The SMILES string of the molecule is CCCC(NS(=O)(=O)c1cnc(CC)[nH]1)C(=O)O. The van der Waals surface area contributed by atoms with Gasteiger partial charge in [-0.25, -0.2) is 13.4 Å². The molecule has 1 unspecified atom stereocenters. The van der Waals surface area contributed by atoms with Gasteiger partial charge in [-0.3, -0.25) is 4.79 Å². The minimum atomic E-state index is -3.86. The highest BCUT2D eigenvalue weighted by Crippen LogP contribution is 2.08. The Morgan fingerprint density at radius 3 is 2.67 bits per heavy atom. The summed E-state index contributed by atoms with van der Waals surface area (Å²) in [6.07, 6.45) is 2.57. The molecule has 0 fully saturated rings. The third-order valence-electron chi connectivity index (χ3n) is 2.40. The predicted octanol–water partition coefficient (Wildman–Crippen LogP) is 0.504. The number of aliphatic carboxylic acids is 1. The number of hydrogen-bond acceptors (Lipinski definition) is 4. The quantitative estimate of drug-likeness (QED) is 0.671. The van der Waals surface area contributed by atoms with E-state index in [0.29, 0.717) is 18.7 Å². The predicted molar refractivity (Wildman–Crippen MR) is 64.6 cm³/mol. The maximum Gasteiger partial charge on any atom is 0.321 e. The lowest BCUT2D eigenvalue weighted by Gasteiger charge is -2.12. The Balaban J connectivity index is 2.89. The normalized spacial score (nSPS) is 13.4. The van der Waals surface area contributed by atoms with Crippen molar-refractivity contribution in [3.63, 3.8) is 0 Å². The number of carboxylic acids is 1. The fourth-order valence-corrected chi connectivity index (χ4v) is 2.60. The van der Waals surface area contributed by atoms with Gasteiger partial charge in [0.25, 0.3) is 10.0 Å². The third kappa shape index (κ3) is 3.54. The van der Waals surface area contributed by atoms with E-state index in [1.807, 2.05) is 6.92 Å². The number of carbonyl (C=O) groups is 1. The van der Waals surface area contributed by atoms with Crippen LogP contribution < -0.4 is 4.72 Å².